The Bertz CT molecular complexity index is 176. The largest absolute Gasteiger partial charge is 0.399 e. The van der Waals surface area contributed by atoms with Gasteiger partial charge in [-0.25, -0.2) is 0 Å². The fourth-order valence-corrected chi connectivity index (χ4v) is 4.30. The van der Waals surface area contributed by atoms with Crippen molar-refractivity contribution in [3.63, 3.8) is 0 Å². The summed E-state index contributed by atoms with van der Waals surface area (Å²) in [5.41, 5.74) is 1.09. The summed E-state index contributed by atoms with van der Waals surface area (Å²) in [4.78, 5) is 4.73. The number of rotatable bonds is 3. The van der Waals surface area contributed by atoms with Crippen molar-refractivity contribution in [2.45, 2.75) is 24.3 Å². The molecule has 0 radical (unpaired) electrons. The van der Waals surface area contributed by atoms with Gasteiger partial charge in [0.2, 0.25) is 0 Å². The molecule has 1 aliphatic rings. The zero-order valence-corrected chi connectivity index (χ0v) is 9.43. The first-order chi connectivity index (χ1) is 5.66. The Morgan fingerprint density at radius 1 is 1.50 bits per heavy atom. The Morgan fingerprint density at radius 3 is 2.58 bits per heavy atom. The maximum Gasteiger partial charge on any atom is 0.106 e. The van der Waals surface area contributed by atoms with Crippen LogP contribution in [0.1, 0.15) is 20.3 Å². The lowest BCUT2D eigenvalue weighted by atomic mass is 10.2. The highest BCUT2D eigenvalue weighted by Crippen LogP contribution is 2.46. The molecule has 0 bridgehead atoms. The molecule has 1 rings (SSSR count). The SMILES string of the molecule is CO/N=C(\C)CC1(C)SCCS1. The average molecular weight is 205 g/mol. The minimum absolute atomic E-state index is 0.339. The molecule has 0 N–H and O–H groups in total. The Kier molecular flexibility index (Phi) is 3.77. The Labute approximate surface area is 82.5 Å². The Morgan fingerprint density at radius 2 is 2.08 bits per heavy atom. The molecule has 1 heterocycles. The number of nitrogens with zero attached hydrogens (tertiary/aromatic N) is 1. The zero-order chi connectivity index (χ0) is 9.03. The second-order valence-electron chi connectivity index (χ2n) is 3.02. The maximum absolute atomic E-state index is 4.73. The van der Waals surface area contributed by atoms with Crippen molar-refractivity contribution in [2.24, 2.45) is 5.16 Å². The molecular weight excluding hydrogens is 190 g/mol. The van der Waals surface area contributed by atoms with Crippen LogP contribution in [0.5, 0.6) is 0 Å². The molecule has 0 aliphatic carbocycles. The highest BCUT2D eigenvalue weighted by Gasteiger charge is 2.30. The van der Waals surface area contributed by atoms with Gasteiger partial charge >= 0.3 is 0 Å². The summed E-state index contributed by atoms with van der Waals surface area (Å²) in [7, 11) is 1.60. The van der Waals surface area contributed by atoms with Crippen LogP contribution in [-0.2, 0) is 4.84 Å². The van der Waals surface area contributed by atoms with E-state index in [1.54, 1.807) is 7.11 Å². The van der Waals surface area contributed by atoms with Crippen LogP contribution in [0.2, 0.25) is 0 Å². The van der Waals surface area contributed by atoms with Crippen LogP contribution in [0.3, 0.4) is 0 Å². The molecule has 2 nitrogen and oxygen atoms in total. The second kappa shape index (κ2) is 4.42. The lowest BCUT2D eigenvalue weighted by molar-refractivity contribution is 0.212. The molecule has 0 atom stereocenters. The van der Waals surface area contributed by atoms with E-state index in [1.165, 1.54) is 11.5 Å². The zero-order valence-electron chi connectivity index (χ0n) is 7.79. The third-order valence-electron chi connectivity index (χ3n) is 1.72. The standard InChI is InChI=1S/C8H15NOS2/c1-7(9-10-3)6-8(2)11-4-5-12-8/h4-6H2,1-3H3/b9-7+. The molecule has 0 aromatic heterocycles. The van der Waals surface area contributed by atoms with Crippen molar-refractivity contribution in [2.75, 3.05) is 18.6 Å². The van der Waals surface area contributed by atoms with Gasteiger partial charge in [-0.1, -0.05) is 5.16 Å². The summed E-state index contributed by atoms with van der Waals surface area (Å²) in [5, 5.41) is 3.92. The summed E-state index contributed by atoms with van der Waals surface area (Å²) >= 11 is 4.05. The molecule has 1 fully saturated rings. The van der Waals surface area contributed by atoms with Gasteiger partial charge in [0.05, 0.1) is 9.79 Å². The summed E-state index contributed by atoms with van der Waals surface area (Å²) in [6, 6.07) is 0. The van der Waals surface area contributed by atoms with E-state index >= 15 is 0 Å². The van der Waals surface area contributed by atoms with E-state index in [-0.39, 0.29) is 0 Å². The third kappa shape index (κ3) is 2.90. The fraction of sp³-hybridized carbons (Fsp3) is 0.875. The van der Waals surface area contributed by atoms with Gasteiger partial charge in [0.1, 0.15) is 7.11 Å². The predicted octanol–water partition coefficient (Wildman–Crippen LogP) is 2.60. The lowest BCUT2D eigenvalue weighted by Crippen LogP contribution is -2.15. The normalized spacial score (nSPS) is 22.8. The molecule has 0 unspecified atom stereocenters. The molecule has 0 aromatic rings. The molecule has 1 saturated heterocycles. The molecule has 4 heteroatoms. The van der Waals surface area contributed by atoms with E-state index in [1.807, 2.05) is 30.4 Å². The van der Waals surface area contributed by atoms with Gasteiger partial charge in [-0.05, 0) is 13.8 Å². The Balaban J connectivity index is 2.43. The van der Waals surface area contributed by atoms with Crippen LogP contribution < -0.4 is 0 Å². The minimum atomic E-state index is 0.339. The summed E-state index contributed by atoms with van der Waals surface area (Å²) in [6.07, 6.45) is 1.02. The van der Waals surface area contributed by atoms with Crippen molar-refractivity contribution in [1.29, 1.82) is 0 Å². The van der Waals surface area contributed by atoms with E-state index in [9.17, 15) is 0 Å². The van der Waals surface area contributed by atoms with Gasteiger partial charge in [-0.15, -0.1) is 23.5 Å². The average Bonchev–Trinajstić information content (AvgIpc) is 2.36. The van der Waals surface area contributed by atoms with Crippen LogP contribution >= 0.6 is 23.5 Å². The van der Waals surface area contributed by atoms with E-state index in [0.29, 0.717) is 4.08 Å². The molecule has 0 aromatic carbocycles. The first kappa shape index (κ1) is 10.3. The molecule has 0 amide bonds. The van der Waals surface area contributed by atoms with Crippen LogP contribution in [-0.4, -0.2) is 28.4 Å². The quantitative estimate of drug-likeness (QED) is 0.522. The first-order valence-corrected chi connectivity index (χ1v) is 5.98. The maximum atomic E-state index is 4.73. The minimum Gasteiger partial charge on any atom is -0.399 e. The summed E-state index contributed by atoms with van der Waals surface area (Å²) in [6.45, 7) is 4.30. The molecule has 0 saturated carbocycles. The lowest BCUT2D eigenvalue weighted by Gasteiger charge is -2.20. The highest BCUT2D eigenvalue weighted by atomic mass is 32.2. The number of hydrogen-bond donors (Lipinski definition) is 0. The third-order valence-corrected chi connectivity index (χ3v) is 5.01. The number of thioether (sulfide) groups is 2. The van der Waals surface area contributed by atoms with E-state index in [2.05, 4.69) is 12.1 Å². The van der Waals surface area contributed by atoms with Gasteiger partial charge in [0.25, 0.3) is 0 Å². The topological polar surface area (TPSA) is 21.6 Å². The highest BCUT2D eigenvalue weighted by molar-refractivity contribution is 8.21. The van der Waals surface area contributed by atoms with Crippen molar-refractivity contribution in [1.82, 2.24) is 0 Å². The van der Waals surface area contributed by atoms with Gasteiger partial charge < -0.3 is 4.84 Å². The monoisotopic (exact) mass is 205 g/mol. The number of hydrogen-bond acceptors (Lipinski definition) is 4. The van der Waals surface area contributed by atoms with Crippen molar-refractivity contribution in [3.8, 4) is 0 Å². The molecule has 0 spiro atoms. The Hall–Kier alpha value is 0.170. The van der Waals surface area contributed by atoms with Crippen LogP contribution in [0.25, 0.3) is 0 Å². The predicted molar refractivity (Wildman–Crippen MR) is 58.1 cm³/mol. The van der Waals surface area contributed by atoms with Gasteiger partial charge in [0, 0.05) is 17.9 Å². The second-order valence-corrected chi connectivity index (χ2v) is 6.47. The molecule has 1 aliphatic heterocycles. The smallest absolute Gasteiger partial charge is 0.106 e. The van der Waals surface area contributed by atoms with Crippen LogP contribution in [0.15, 0.2) is 5.16 Å². The van der Waals surface area contributed by atoms with Crippen LogP contribution in [0.4, 0.5) is 0 Å². The van der Waals surface area contributed by atoms with Crippen molar-refractivity contribution >= 4 is 29.2 Å². The summed E-state index contributed by atoms with van der Waals surface area (Å²) in [5.74, 6) is 2.53. The fourth-order valence-electron chi connectivity index (χ4n) is 1.31. The van der Waals surface area contributed by atoms with Crippen LogP contribution in [0, 0.1) is 0 Å². The first-order valence-electron chi connectivity index (χ1n) is 4.01. The van der Waals surface area contributed by atoms with E-state index in [4.69, 9.17) is 4.84 Å². The van der Waals surface area contributed by atoms with E-state index in [0.717, 1.165) is 12.1 Å². The van der Waals surface area contributed by atoms with Gasteiger partial charge in [-0.3, -0.25) is 0 Å². The van der Waals surface area contributed by atoms with Gasteiger partial charge in [0.15, 0.2) is 0 Å². The molecular formula is C8H15NOS2. The van der Waals surface area contributed by atoms with E-state index < -0.39 is 0 Å². The van der Waals surface area contributed by atoms with Gasteiger partial charge in [-0.2, -0.15) is 0 Å². The van der Waals surface area contributed by atoms with Crippen molar-refractivity contribution in [3.05, 3.63) is 0 Å². The summed E-state index contributed by atoms with van der Waals surface area (Å²) < 4.78 is 0.339. The van der Waals surface area contributed by atoms with Crippen molar-refractivity contribution < 1.29 is 4.84 Å². The number of oxime groups is 1. The molecule has 12 heavy (non-hydrogen) atoms. The molecule has 70 valence electrons.